The maximum atomic E-state index is 11.4. The molecule has 1 aromatic rings. The third-order valence-corrected chi connectivity index (χ3v) is 3.63. The number of halogens is 1. The van der Waals surface area contributed by atoms with Crippen molar-refractivity contribution in [3.63, 3.8) is 0 Å². The molecule has 16 heavy (non-hydrogen) atoms. The molecule has 0 atom stereocenters. The molecule has 0 bridgehead atoms. The van der Waals surface area contributed by atoms with Crippen LogP contribution in [0.4, 0.5) is 0 Å². The number of rotatable bonds is 2. The molecule has 1 aliphatic heterocycles. The largest absolute Gasteiger partial charge is 0.272 e. The van der Waals surface area contributed by atoms with Gasteiger partial charge in [0.05, 0.1) is 12.0 Å². The van der Waals surface area contributed by atoms with Crippen LogP contribution in [-0.2, 0) is 4.79 Å². The first-order chi connectivity index (χ1) is 7.68. The molecule has 1 fully saturated rings. The molecule has 0 N–H and O–H groups in total. The summed E-state index contributed by atoms with van der Waals surface area (Å²) in [6, 6.07) is 7.28. The summed E-state index contributed by atoms with van der Waals surface area (Å²) < 4.78 is 0.480. The molecule has 1 saturated heterocycles. The highest BCUT2D eigenvalue weighted by Crippen LogP contribution is 2.20. The van der Waals surface area contributed by atoms with E-state index < -0.39 is 0 Å². The van der Waals surface area contributed by atoms with E-state index in [1.807, 2.05) is 18.2 Å². The first-order valence-corrected chi connectivity index (χ1v) is 6.24. The maximum absolute atomic E-state index is 11.4. The second-order valence-corrected chi connectivity index (χ2v) is 5.04. The Morgan fingerprint density at radius 1 is 1.50 bits per heavy atom. The number of thioether (sulfide) groups is 1. The molecule has 6 heteroatoms. The summed E-state index contributed by atoms with van der Waals surface area (Å²) in [5.41, 5.74) is 0.761. The highest BCUT2D eigenvalue weighted by molar-refractivity contribution is 8.23. The predicted octanol–water partition coefficient (Wildman–Crippen LogP) is 2.53. The number of amides is 1. The van der Waals surface area contributed by atoms with Crippen LogP contribution < -0.4 is 0 Å². The van der Waals surface area contributed by atoms with Crippen molar-refractivity contribution < 1.29 is 4.79 Å². The first kappa shape index (κ1) is 11.6. The maximum Gasteiger partial charge on any atom is 0.259 e. The Bertz CT molecular complexity index is 460. The number of benzene rings is 1. The van der Waals surface area contributed by atoms with Crippen LogP contribution in [0.15, 0.2) is 29.4 Å². The number of nitrogens with zero attached hydrogens (tertiary/aromatic N) is 2. The van der Waals surface area contributed by atoms with Crippen molar-refractivity contribution in [3.8, 4) is 0 Å². The van der Waals surface area contributed by atoms with Crippen molar-refractivity contribution in [1.82, 2.24) is 5.01 Å². The van der Waals surface area contributed by atoms with Crippen LogP contribution in [0.25, 0.3) is 0 Å². The summed E-state index contributed by atoms with van der Waals surface area (Å²) in [4.78, 5) is 11.4. The molecule has 0 unspecified atom stereocenters. The van der Waals surface area contributed by atoms with Gasteiger partial charge in [0.1, 0.15) is 0 Å². The number of thiocarbonyl (C=S) groups is 1. The Labute approximate surface area is 107 Å². The molecular weight excluding hydrogens is 264 g/mol. The number of hydrogen-bond donors (Lipinski definition) is 0. The van der Waals surface area contributed by atoms with Crippen molar-refractivity contribution in [3.05, 3.63) is 34.9 Å². The lowest BCUT2D eigenvalue weighted by molar-refractivity contribution is -0.123. The molecule has 82 valence electrons. The Morgan fingerprint density at radius 3 is 2.88 bits per heavy atom. The topological polar surface area (TPSA) is 32.7 Å². The zero-order chi connectivity index (χ0) is 11.5. The van der Waals surface area contributed by atoms with E-state index in [1.54, 1.807) is 12.3 Å². The number of carbonyl (C=O) groups is 1. The number of hydrazone groups is 1. The van der Waals surface area contributed by atoms with Crippen LogP contribution in [0.5, 0.6) is 0 Å². The standard InChI is InChI=1S/C10H7ClN2OS2/c11-8-4-2-1-3-7(8)5-12-13-9(14)6-16-10(13)15/h1-5H,6H2/b12-5+. The molecule has 1 amide bonds. The highest BCUT2D eigenvalue weighted by atomic mass is 35.5. The van der Waals surface area contributed by atoms with E-state index in [0.29, 0.717) is 15.1 Å². The lowest BCUT2D eigenvalue weighted by Crippen LogP contribution is -2.22. The normalized spacial score (nSPS) is 16.4. The van der Waals surface area contributed by atoms with Crippen molar-refractivity contribution in [2.75, 3.05) is 5.75 Å². The minimum Gasteiger partial charge on any atom is -0.272 e. The fourth-order valence-electron chi connectivity index (χ4n) is 1.16. The predicted molar refractivity (Wildman–Crippen MR) is 70.9 cm³/mol. The molecule has 0 aromatic heterocycles. The van der Waals surface area contributed by atoms with Gasteiger partial charge in [0.2, 0.25) is 0 Å². The lowest BCUT2D eigenvalue weighted by Gasteiger charge is -2.06. The average Bonchev–Trinajstić information content (AvgIpc) is 2.58. The molecule has 1 aromatic carbocycles. The number of carbonyl (C=O) groups excluding carboxylic acids is 1. The SMILES string of the molecule is O=C1CSC(=S)N1/N=C/c1ccccc1Cl. The summed E-state index contributed by atoms with van der Waals surface area (Å²) in [7, 11) is 0. The van der Waals surface area contributed by atoms with E-state index >= 15 is 0 Å². The molecule has 0 saturated carbocycles. The zero-order valence-corrected chi connectivity index (χ0v) is 10.5. The van der Waals surface area contributed by atoms with E-state index in [0.717, 1.165) is 5.56 Å². The third-order valence-electron chi connectivity index (χ3n) is 1.95. The van der Waals surface area contributed by atoms with Gasteiger partial charge in [-0.3, -0.25) is 4.79 Å². The van der Waals surface area contributed by atoms with Crippen LogP contribution >= 0.6 is 35.6 Å². The minimum atomic E-state index is -0.0988. The molecule has 1 heterocycles. The van der Waals surface area contributed by atoms with E-state index in [4.69, 9.17) is 23.8 Å². The second-order valence-electron chi connectivity index (χ2n) is 3.03. The van der Waals surface area contributed by atoms with Gasteiger partial charge >= 0.3 is 0 Å². The Hall–Kier alpha value is -0.910. The van der Waals surface area contributed by atoms with Crippen molar-refractivity contribution in [2.24, 2.45) is 5.10 Å². The van der Waals surface area contributed by atoms with Crippen LogP contribution in [0, 0.1) is 0 Å². The van der Waals surface area contributed by atoms with Gasteiger partial charge < -0.3 is 0 Å². The molecule has 1 aliphatic rings. The van der Waals surface area contributed by atoms with E-state index in [9.17, 15) is 4.79 Å². The van der Waals surface area contributed by atoms with Crippen molar-refractivity contribution in [1.29, 1.82) is 0 Å². The van der Waals surface area contributed by atoms with Crippen LogP contribution in [0.2, 0.25) is 5.02 Å². The Balaban J connectivity index is 2.18. The monoisotopic (exact) mass is 270 g/mol. The summed E-state index contributed by atoms with van der Waals surface area (Å²) in [5, 5.41) is 5.85. The van der Waals surface area contributed by atoms with Gasteiger partial charge in [-0.05, 0) is 6.07 Å². The molecule has 2 rings (SSSR count). The van der Waals surface area contributed by atoms with Crippen molar-refractivity contribution in [2.45, 2.75) is 0 Å². The smallest absolute Gasteiger partial charge is 0.259 e. The summed E-state index contributed by atoms with van der Waals surface area (Å²) in [6.45, 7) is 0. The van der Waals surface area contributed by atoms with Gasteiger partial charge in [0.25, 0.3) is 5.91 Å². The van der Waals surface area contributed by atoms with E-state index in [1.165, 1.54) is 16.8 Å². The van der Waals surface area contributed by atoms with Gasteiger partial charge in [-0.15, -0.1) is 0 Å². The molecule has 0 aliphatic carbocycles. The number of hydrogen-bond acceptors (Lipinski definition) is 4. The summed E-state index contributed by atoms with van der Waals surface area (Å²) in [5.74, 6) is 0.261. The van der Waals surface area contributed by atoms with Crippen molar-refractivity contribution >= 4 is 52.0 Å². The summed E-state index contributed by atoms with van der Waals surface area (Å²) in [6.07, 6.45) is 1.54. The molecule has 0 radical (unpaired) electrons. The van der Waals surface area contributed by atoms with Gasteiger partial charge in [-0.25, -0.2) is 0 Å². The van der Waals surface area contributed by atoms with Crippen LogP contribution in [0.1, 0.15) is 5.56 Å². The molecule has 3 nitrogen and oxygen atoms in total. The molecular formula is C10H7ClN2OS2. The molecule has 0 spiro atoms. The minimum absolute atomic E-state index is 0.0988. The lowest BCUT2D eigenvalue weighted by atomic mass is 10.2. The average molecular weight is 271 g/mol. The van der Waals surface area contributed by atoms with Gasteiger partial charge in [0, 0.05) is 10.6 Å². The Morgan fingerprint density at radius 2 is 2.25 bits per heavy atom. The van der Waals surface area contributed by atoms with Crippen LogP contribution in [-0.4, -0.2) is 27.2 Å². The Kier molecular flexibility index (Phi) is 3.58. The van der Waals surface area contributed by atoms with Crippen LogP contribution in [0.3, 0.4) is 0 Å². The summed E-state index contributed by atoms with van der Waals surface area (Å²) >= 11 is 12.3. The van der Waals surface area contributed by atoms with Gasteiger partial charge in [-0.2, -0.15) is 10.1 Å². The third kappa shape index (κ3) is 2.42. The van der Waals surface area contributed by atoms with E-state index in [-0.39, 0.29) is 5.91 Å². The first-order valence-electron chi connectivity index (χ1n) is 4.47. The fraction of sp³-hybridized carbons (Fsp3) is 0.100. The quantitative estimate of drug-likeness (QED) is 0.612. The van der Waals surface area contributed by atoms with E-state index in [2.05, 4.69) is 5.10 Å². The van der Waals surface area contributed by atoms with Gasteiger partial charge in [-0.1, -0.05) is 53.8 Å². The fourth-order valence-corrected chi connectivity index (χ4v) is 2.31. The van der Waals surface area contributed by atoms with Gasteiger partial charge in [0.15, 0.2) is 4.32 Å². The zero-order valence-electron chi connectivity index (χ0n) is 8.09. The highest BCUT2D eigenvalue weighted by Gasteiger charge is 2.25. The second kappa shape index (κ2) is 4.95.